The Labute approximate surface area is 100 Å². The van der Waals surface area contributed by atoms with Crippen LogP contribution >= 0.6 is 0 Å². The van der Waals surface area contributed by atoms with Crippen molar-refractivity contribution >= 4 is 0 Å². The highest BCUT2D eigenvalue weighted by molar-refractivity contribution is 5.34. The molecule has 0 spiro atoms. The molecular formula is C15H25N. The van der Waals surface area contributed by atoms with E-state index in [1.54, 1.807) is 5.56 Å². The van der Waals surface area contributed by atoms with Crippen molar-refractivity contribution in [1.29, 1.82) is 0 Å². The first-order chi connectivity index (χ1) is 7.66. The summed E-state index contributed by atoms with van der Waals surface area (Å²) < 4.78 is 0. The summed E-state index contributed by atoms with van der Waals surface area (Å²) in [5.41, 5.74) is 4.55. The van der Waals surface area contributed by atoms with Gasteiger partial charge >= 0.3 is 0 Å². The van der Waals surface area contributed by atoms with E-state index in [-0.39, 0.29) is 0 Å². The van der Waals surface area contributed by atoms with Crippen molar-refractivity contribution < 1.29 is 0 Å². The maximum atomic E-state index is 2.40. The van der Waals surface area contributed by atoms with E-state index in [0.29, 0.717) is 5.92 Å². The SMILES string of the molecule is CC.CC(C)c1ccc2c(c1)CN(C)CC2. The summed E-state index contributed by atoms with van der Waals surface area (Å²) in [6, 6.07) is 6.99. The molecular weight excluding hydrogens is 194 g/mol. The zero-order valence-corrected chi connectivity index (χ0v) is 11.4. The number of nitrogens with zero attached hydrogens (tertiary/aromatic N) is 1. The van der Waals surface area contributed by atoms with E-state index in [2.05, 4.69) is 44.0 Å². The van der Waals surface area contributed by atoms with Crippen LogP contribution in [-0.2, 0) is 13.0 Å². The smallest absolute Gasteiger partial charge is 0.0233 e. The molecule has 90 valence electrons. The Hall–Kier alpha value is -0.820. The van der Waals surface area contributed by atoms with Gasteiger partial charge in [0.25, 0.3) is 0 Å². The van der Waals surface area contributed by atoms with Crippen molar-refractivity contribution in [3.8, 4) is 0 Å². The lowest BCUT2D eigenvalue weighted by Gasteiger charge is -2.25. The van der Waals surface area contributed by atoms with Crippen LogP contribution in [0.5, 0.6) is 0 Å². The van der Waals surface area contributed by atoms with Gasteiger partial charge in [-0.2, -0.15) is 0 Å². The molecule has 1 aromatic rings. The van der Waals surface area contributed by atoms with Crippen molar-refractivity contribution in [1.82, 2.24) is 4.90 Å². The Bertz CT molecular complexity index is 328. The molecule has 16 heavy (non-hydrogen) atoms. The number of fused-ring (bicyclic) bond motifs is 1. The normalized spacial score (nSPS) is 15.4. The summed E-state index contributed by atoms with van der Waals surface area (Å²) in [5, 5.41) is 0. The third-order valence-corrected chi connectivity index (χ3v) is 3.10. The summed E-state index contributed by atoms with van der Waals surface area (Å²) in [4.78, 5) is 2.40. The number of hydrogen-bond acceptors (Lipinski definition) is 1. The van der Waals surface area contributed by atoms with Crippen LogP contribution in [0.25, 0.3) is 0 Å². The molecule has 0 bridgehead atoms. The van der Waals surface area contributed by atoms with Gasteiger partial charge in [-0.3, -0.25) is 0 Å². The standard InChI is InChI=1S/C13H19N.C2H6/c1-10(2)12-5-4-11-6-7-14(3)9-13(11)8-12;1-2/h4-5,8,10H,6-7,9H2,1-3H3;1-2H3. The first-order valence-electron chi connectivity index (χ1n) is 6.47. The van der Waals surface area contributed by atoms with Crippen LogP contribution in [0.2, 0.25) is 0 Å². The number of rotatable bonds is 1. The van der Waals surface area contributed by atoms with Gasteiger partial charge < -0.3 is 4.90 Å². The molecule has 0 saturated heterocycles. The predicted molar refractivity (Wildman–Crippen MR) is 71.9 cm³/mol. The number of benzene rings is 1. The monoisotopic (exact) mass is 219 g/mol. The number of likely N-dealkylation sites (N-methyl/N-ethyl adjacent to an activating group) is 1. The van der Waals surface area contributed by atoms with E-state index in [1.807, 2.05) is 13.8 Å². The molecule has 1 heteroatoms. The minimum atomic E-state index is 0.646. The molecule has 1 aliphatic heterocycles. The Morgan fingerprint density at radius 3 is 2.44 bits per heavy atom. The molecule has 0 atom stereocenters. The molecule has 0 radical (unpaired) electrons. The molecule has 0 amide bonds. The van der Waals surface area contributed by atoms with E-state index in [1.165, 1.54) is 24.1 Å². The van der Waals surface area contributed by atoms with Gasteiger partial charge in [0.05, 0.1) is 0 Å². The summed E-state index contributed by atoms with van der Waals surface area (Å²) >= 11 is 0. The van der Waals surface area contributed by atoms with Gasteiger partial charge in [-0.05, 0) is 36.1 Å². The third kappa shape index (κ3) is 3.08. The third-order valence-electron chi connectivity index (χ3n) is 3.10. The molecule has 1 aromatic carbocycles. The summed E-state index contributed by atoms with van der Waals surface area (Å²) in [7, 11) is 2.20. The van der Waals surface area contributed by atoms with Crippen molar-refractivity contribution in [3.63, 3.8) is 0 Å². The average Bonchev–Trinajstić information content (AvgIpc) is 2.30. The van der Waals surface area contributed by atoms with Crippen LogP contribution in [-0.4, -0.2) is 18.5 Å². The summed E-state index contributed by atoms with van der Waals surface area (Å²) in [6.07, 6.45) is 1.21. The van der Waals surface area contributed by atoms with Crippen LogP contribution in [0.1, 0.15) is 50.3 Å². The molecule has 0 aromatic heterocycles. The lowest BCUT2D eigenvalue weighted by molar-refractivity contribution is 0.312. The molecule has 1 heterocycles. The average molecular weight is 219 g/mol. The van der Waals surface area contributed by atoms with E-state index in [4.69, 9.17) is 0 Å². The fourth-order valence-electron chi connectivity index (χ4n) is 2.08. The molecule has 2 rings (SSSR count). The lowest BCUT2D eigenvalue weighted by Crippen LogP contribution is -2.26. The van der Waals surface area contributed by atoms with Crippen LogP contribution in [0.3, 0.4) is 0 Å². The first-order valence-corrected chi connectivity index (χ1v) is 6.47. The van der Waals surface area contributed by atoms with Crippen molar-refractivity contribution in [3.05, 3.63) is 34.9 Å². The van der Waals surface area contributed by atoms with Gasteiger partial charge in [-0.1, -0.05) is 45.9 Å². The molecule has 0 N–H and O–H groups in total. The first kappa shape index (κ1) is 13.2. The predicted octanol–water partition coefficient (Wildman–Crippen LogP) is 3.82. The van der Waals surface area contributed by atoms with E-state index in [9.17, 15) is 0 Å². The largest absolute Gasteiger partial charge is 0.302 e. The number of hydrogen-bond donors (Lipinski definition) is 0. The van der Waals surface area contributed by atoms with Gasteiger partial charge in [0.15, 0.2) is 0 Å². The lowest BCUT2D eigenvalue weighted by atomic mass is 9.94. The molecule has 1 nitrogen and oxygen atoms in total. The zero-order chi connectivity index (χ0) is 12.1. The second kappa shape index (κ2) is 6.05. The van der Waals surface area contributed by atoms with Gasteiger partial charge in [0.2, 0.25) is 0 Å². The summed E-state index contributed by atoms with van der Waals surface area (Å²) in [6.45, 7) is 10.8. The second-order valence-corrected chi connectivity index (χ2v) is 4.67. The van der Waals surface area contributed by atoms with Crippen molar-refractivity contribution in [2.24, 2.45) is 0 Å². The van der Waals surface area contributed by atoms with E-state index < -0.39 is 0 Å². The summed E-state index contributed by atoms with van der Waals surface area (Å²) in [5.74, 6) is 0.646. The van der Waals surface area contributed by atoms with E-state index in [0.717, 1.165) is 6.54 Å². The van der Waals surface area contributed by atoms with Crippen molar-refractivity contribution in [2.75, 3.05) is 13.6 Å². The van der Waals surface area contributed by atoms with Crippen LogP contribution < -0.4 is 0 Å². The molecule has 0 unspecified atom stereocenters. The van der Waals surface area contributed by atoms with Crippen LogP contribution in [0.15, 0.2) is 18.2 Å². The highest BCUT2D eigenvalue weighted by atomic mass is 15.1. The minimum Gasteiger partial charge on any atom is -0.302 e. The van der Waals surface area contributed by atoms with Crippen molar-refractivity contribution in [2.45, 2.75) is 46.6 Å². The minimum absolute atomic E-state index is 0.646. The van der Waals surface area contributed by atoms with Gasteiger partial charge in [0.1, 0.15) is 0 Å². The Morgan fingerprint density at radius 2 is 1.81 bits per heavy atom. The Balaban J connectivity index is 0.000000606. The van der Waals surface area contributed by atoms with Gasteiger partial charge in [-0.25, -0.2) is 0 Å². The van der Waals surface area contributed by atoms with E-state index >= 15 is 0 Å². The maximum Gasteiger partial charge on any atom is 0.0233 e. The zero-order valence-electron chi connectivity index (χ0n) is 11.4. The Kier molecular flexibility index (Phi) is 5.01. The molecule has 0 saturated carbocycles. The quantitative estimate of drug-likeness (QED) is 0.694. The second-order valence-electron chi connectivity index (χ2n) is 4.67. The van der Waals surface area contributed by atoms with Gasteiger partial charge in [-0.15, -0.1) is 0 Å². The fraction of sp³-hybridized carbons (Fsp3) is 0.600. The highest BCUT2D eigenvalue weighted by Gasteiger charge is 2.13. The van der Waals surface area contributed by atoms with Crippen LogP contribution in [0.4, 0.5) is 0 Å². The maximum absolute atomic E-state index is 2.40. The molecule has 0 fully saturated rings. The van der Waals surface area contributed by atoms with Crippen LogP contribution in [0, 0.1) is 0 Å². The van der Waals surface area contributed by atoms with Gasteiger partial charge in [0, 0.05) is 13.1 Å². The Morgan fingerprint density at radius 1 is 1.12 bits per heavy atom. The topological polar surface area (TPSA) is 3.24 Å². The molecule has 0 aliphatic carbocycles. The fourth-order valence-corrected chi connectivity index (χ4v) is 2.08. The molecule has 1 aliphatic rings. The highest BCUT2D eigenvalue weighted by Crippen LogP contribution is 2.23.